The molecular weight excluding hydrogens is 335 g/mol. The van der Waals surface area contributed by atoms with E-state index in [4.69, 9.17) is 11.6 Å². The Kier molecular flexibility index (Phi) is 4.28. The van der Waals surface area contributed by atoms with Crippen LogP contribution in [-0.2, 0) is 0 Å². The van der Waals surface area contributed by atoms with Gasteiger partial charge in [-0.15, -0.1) is 0 Å². The van der Waals surface area contributed by atoms with Crippen LogP contribution in [0.25, 0.3) is 0 Å². The topological polar surface area (TPSA) is 38.0 Å². The van der Waals surface area contributed by atoms with Crippen molar-refractivity contribution in [3.63, 3.8) is 0 Å². The fourth-order valence-corrected chi connectivity index (χ4v) is 2.61. The molecule has 1 aromatic carbocycles. The molecule has 1 aromatic heterocycles. The summed E-state index contributed by atoms with van der Waals surface area (Å²) in [6, 6.07) is 4.56. The van der Waals surface area contributed by atoms with Crippen molar-refractivity contribution in [2.24, 2.45) is 0 Å². The number of halogens is 3. The summed E-state index contributed by atoms with van der Waals surface area (Å²) in [4.78, 5) is 0. The average molecular weight is 348 g/mol. The van der Waals surface area contributed by atoms with Crippen LogP contribution in [0, 0.1) is 5.82 Å². The van der Waals surface area contributed by atoms with Gasteiger partial charge < -0.3 is 5.11 Å². The van der Waals surface area contributed by atoms with Crippen LogP contribution in [0.2, 0.25) is 5.02 Å². The summed E-state index contributed by atoms with van der Waals surface area (Å²) >= 11 is 9.22. The summed E-state index contributed by atoms with van der Waals surface area (Å²) in [6.07, 6.45) is 0.440. The van der Waals surface area contributed by atoms with Crippen molar-refractivity contribution >= 4 is 27.5 Å². The van der Waals surface area contributed by atoms with Crippen LogP contribution >= 0.6 is 27.5 Å². The highest BCUT2D eigenvalue weighted by Crippen LogP contribution is 2.34. The second-order valence-corrected chi connectivity index (χ2v) is 5.66. The van der Waals surface area contributed by atoms with E-state index in [9.17, 15) is 9.50 Å². The number of aliphatic hydroxyl groups is 1. The second-order valence-electron chi connectivity index (χ2n) is 4.46. The molecule has 0 aliphatic rings. The van der Waals surface area contributed by atoms with Crippen LogP contribution in [0.5, 0.6) is 0 Å². The van der Waals surface area contributed by atoms with E-state index in [-0.39, 0.29) is 10.5 Å². The SMILES string of the molecule is CC(C)n1ncc(Cl)c1C(O)c1cccc(F)c1Br. The third-order valence-electron chi connectivity index (χ3n) is 2.81. The van der Waals surface area contributed by atoms with Gasteiger partial charge in [0, 0.05) is 11.6 Å². The first-order valence-corrected chi connectivity index (χ1v) is 6.95. The minimum Gasteiger partial charge on any atom is -0.382 e. The highest BCUT2D eigenvalue weighted by molar-refractivity contribution is 9.10. The number of benzene rings is 1. The van der Waals surface area contributed by atoms with Crippen molar-refractivity contribution in [3.8, 4) is 0 Å². The predicted molar refractivity (Wildman–Crippen MR) is 75.8 cm³/mol. The Balaban J connectivity index is 2.53. The maximum atomic E-state index is 13.5. The van der Waals surface area contributed by atoms with Gasteiger partial charge >= 0.3 is 0 Å². The van der Waals surface area contributed by atoms with Crippen molar-refractivity contribution < 1.29 is 9.50 Å². The van der Waals surface area contributed by atoms with Gasteiger partial charge in [0.25, 0.3) is 0 Å². The molecule has 19 heavy (non-hydrogen) atoms. The van der Waals surface area contributed by atoms with Gasteiger partial charge in [-0.25, -0.2) is 4.39 Å². The molecule has 6 heteroatoms. The van der Waals surface area contributed by atoms with E-state index in [1.165, 1.54) is 12.3 Å². The zero-order valence-electron chi connectivity index (χ0n) is 10.4. The highest BCUT2D eigenvalue weighted by Gasteiger charge is 2.23. The first-order valence-electron chi connectivity index (χ1n) is 5.78. The van der Waals surface area contributed by atoms with E-state index < -0.39 is 11.9 Å². The summed E-state index contributed by atoms with van der Waals surface area (Å²) < 4.78 is 15.4. The fraction of sp³-hybridized carbons (Fsp3) is 0.308. The molecule has 2 aromatic rings. The number of aliphatic hydroxyl groups excluding tert-OH is 1. The molecular formula is C13H13BrClFN2O. The molecule has 0 bridgehead atoms. The van der Waals surface area contributed by atoms with Gasteiger partial charge in [-0.05, 0) is 35.8 Å². The minimum atomic E-state index is -1.04. The first kappa shape index (κ1) is 14.5. The Hall–Kier alpha value is -0.910. The van der Waals surface area contributed by atoms with Crippen molar-refractivity contribution in [1.82, 2.24) is 9.78 Å². The molecule has 2 rings (SSSR count). The molecule has 0 amide bonds. The lowest BCUT2D eigenvalue weighted by atomic mass is 10.1. The van der Waals surface area contributed by atoms with Crippen molar-refractivity contribution in [1.29, 1.82) is 0 Å². The van der Waals surface area contributed by atoms with Gasteiger partial charge in [0.1, 0.15) is 11.9 Å². The Morgan fingerprint density at radius 3 is 2.74 bits per heavy atom. The van der Waals surface area contributed by atoms with Crippen LogP contribution in [0.3, 0.4) is 0 Å². The standard InChI is InChI=1S/C13H13BrClFN2O/c1-7(2)18-12(9(15)6-17-18)13(19)8-4-3-5-10(16)11(8)14/h3-7,13,19H,1-2H3. The Labute approximate surface area is 124 Å². The minimum absolute atomic E-state index is 0.0458. The molecule has 1 unspecified atom stereocenters. The summed E-state index contributed by atoms with van der Waals surface area (Å²) in [6.45, 7) is 3.86. The number of aromatic nitrogens is 2. The summed E-state index contributed by atoms with van der Waals surface area (Å²) in [5.74, 6) is -0.428. The normalized spacial score (nSPS) is 13.0. The number of rotatable bonds is 3. The number of hydrogen-bond acceptors (Lipinski definition) is 2. The smallest absolute Gasteiger partial charge is 0.137 e. The lowest BCUT2D eigenvalue weighted by molar-refractivity contribution is 0.204. The Morgan fingerprint density at radius 1 is 1.42 bits per heavy atom. The van der Waals surface area contributed by atoms with Crippen LogP contribution in [0.15, 0.2) is 28.9 Å². The van der Waals surface area contributed by atoms with Gasteiger partial charge in [0.15, 0.2) is 0 Å². The van der Waals surface area contributed by atoms with E-state index in [0.29, 0.717) is 16.3 Å². The van der Waals surface area contributed by atoms with Crippen molar-refractivity contribution in [2.75, 3.05) is 0 Å². The first-order chi connectivity index (χ1) is 8.93. The third kappa shape index (κ3) is 2.68. The van der Waals surface area contributed by atoms with Crippen molar-refractivity contribution in [2.45, 2.75) is 26.0 Å². The van der Waals surface area contributed by atoms with Gasteiger partial charge in [0.2, 0.25) is 0 Å². The Bertz CT molecular complexity index is 600. The van der Waals surface area contributed by atoms with Crippen LogP contribution in [-0.4, -0.2) is 14.9 Å². The van der Waals surface area contributed by atoms with Gasteiger partial charge in [-0.2, -0.15) is 5.10 Å². The third-order valence-corrected chi connectivity index (χ3v) is 3.94. The lowest BCUT2D eigenvalue weighted by Crippen LogP contribution is -2.13. The molecule has 0 saturated carbocycles. The van der Waals surface area contributed by atoms with E-state index in [1.807, 2.05) is 13.8 Å². The molecule has 1 atom stereocenters. The molecule has 0 spiro atoms. The van der Waals surface area contributed by atoms with Gasteiger partial charge in [-0.3, -0.25) is 4.68 Å². The molecule has 0 saturated heterocycles. The summed E-state index contributed by atoms with van der Waals surface area (Å²) in [5.41, 5.74) is 0.882. The van der Waals surface area contributed by atoms with E-state index >= 15 is 0 Å². The lowest BCUT2D eigenvalue weighted by Gasteiger charge is -2.18. The molecule has 3 nitrogen and oxygen atoms in total. The van der Waals surface area contributed by atoms with E-state index in [0.717, 1.165) is 0 Å². The van der Waals surface area contributed by atoms with Crippen molar-refractivity contribution in [3.05, 3.63) is 51.0 Å². The molecule has 0 fully saturated rings. The molecule has 102 valence electrons. The van der Waals surface area contributed by atoms with Crippen LogP contribution < -0.4 is 0 Å². The monoisotopic (exact) mass is 346 g/mol. The number of nitrogens with zero attached hydrogens (tertiary/aromatic N) is 2. The molecule has 0 aliphatic heterocycles. The average Bonchev–Trinajstić information content (AvgIpc) is 2.74. The Morgan fingerprint density at radius 2 is 2.11 bits per heavy atom. The maximum Gasteiger partial charge on any atom is 0.137 e. The largest absolute Gasteiger partial charge is 0.382 e. The zero-order valence-corrected chi connectivity index (χ0v) is 12.8. The quantitative estimate of drug-likeness (QED) is 0.907. The van der Waals surface area contributed by atoms with Crippen LogP contribution in [0.4, 0.5) is 4.39 Å². The fourth-order valence-electron chi connectivity index (χ4n) is 1.90. The molecule has 0 radical (unpaired) electrons. The zero-order chi connectivity index (χ0) is 14.2. The maximum absolute atomic E-state index is 13.5. The summed E-state index contributed by atoms with van der Waals surface area (Å²) in [7, 11) is 0. The van der Waals surface area contributed by atoms with E-state index in [1.54, 1.807) is 16.8 Å². The second kappa shape index (κ2) is 5.61. The molecule has 1 N–H and O–H groups in total. The summed E-state index contributed by atoms with van der Waals surface area (Å²) in [5, 5.41) is 14.9. The van der Waals surface area contributed by atoms with Gasteiger partial charge in [0.05, 0.1) is 21.4 Å². The van der Waals surface area contributed by atoms with Crippen LogP contribution in [0.1, 0.15) is 37.3 Å². The molecule has 0 aliphatic carbocycles. The number of hydrogen-bond donors (Lipinski definition) is 1. The highest BCUT2D eigenvalue weighted by atomic mass is 79.9. The van der Waals surface area contributed by atoms with Gasteiger partial charge in [-0.1, -0.05) is 23.7 Å². The predicted octanol–water partition coefficient (Wildman–Crippen LogP) is 4.10. The van der Waals surface area contributed by atoms with E-state index in [2.05, 4.69) is 21.0 Å². The molecule has 1 heterocycles.